The molecule has 11 nitrogen and oxygen atoms in total. The molecule has 0 aliphatic heterocycles. The van der Waals surface area contributed by atoms with E-state index in [4.69, 9.17) is 19.9 Å². The number of non-ortho nitro benzene ring substituents is 1. The van der Waals surface area contributed by atoms with Crippen LogP contribution in [0.2, 0.25) is 0 Å². The number of hydrogen-bond donors (Lipinski definition) is 2. The number of anilines is 1. The van der Waals surface area contributed by atoms with Crippen LogP contribution in [0, 0.1) is 20.2 Å². The second-order valence-electron chi connectivity index (χ2n) is 5.48. The van der Waals surface area contributed by atoms with Crippen molar-refractivity contribution in [1.29, 1.82) is 0 Å². The van der Waals surface area contributed by atoms with Crippen LogP contribution in [0.5, 0.6) is 0 Å². The van der Waals surface area contributed by atoms with Gasteiger partial charge in [0.15, 0.2) is 0 Å². The smallest absolute Gasteiger partial charge is 0.299 e. The lowest BCUT2D eigenvalue weighted by Crippen LogP contribution is -2.12. The summed E-state index contributed by atoms with van der Waals surface area (Å²) in [4.78, 5) is 20.4. The third kappa shape index (κ3) is 9.80. The minimum absolute atomic E-state index is 0.239. The van der Waals surface area contributed by atoms with E-state index >= 15 is 0 Å². The lowest BCUT2D eigenvalue weighted by Gasteiger charge is -2.08. The maximum atomic E-state index is 11.0. The molecule has 0 heterocycles. The Hall–Kier alpha value is -2.34. The molecule has 27 heavy (non-hydrogen) atoms. The highest BCUT2D eigenvalue weighted by molar-refractivity contribution is 5.65. The highest BCUT2D eigenvalue weighted by Gasteiger charge is 2.18. The summed E-state index contributed by atoms with van der Waals surface area (Å²) in [7, 11) is 0. The van der Waals surface area contributed by atoms with Crippen LogP contribution in [-0.4, -0.2) is 62.6 Å². The molecule has 0 fully saturated rings. The van der Waals surface area contributed by atoms with Gasteiger partial charge in [0.25, 0.3) is 11.4 Å². The van der Waals surface area contributed by atoms with Crippen LogP contribution in [0.25, 0.3) is 0 Å². The van der Waals surface area contributed by atoms with Crippen LogP contribution in [0.1, 0.15) is 12.8 Å². The van der Waals surface area contributed by atoms with Crippen molar-refractivity contribution in [2.24, 2.45) is 5.73 Å². The molecule has 3 N–H and O–H groups in total. The van der Waals surface area contributed by atoms with E-state index in [9.17, 15) is 20.2 Å². The van der Waals surface area contributed by atoms with Crippen LogP contribution in [-0.2, 0) is 14.2 Å². The third-order valence-corrected chi connectivity index (χ3v) is 3.41. The molecule has 0 saturated heterocycles. The first kappa shape index (κ1) is 22.7. The summed E-state index contributed by atoms with van der Waals surface area (Å²) < 4.78 is 16.0. The van der Waals surface area contributed by atoms with Gasteiger partial charge in [-0.2, -0.15) is 0 Å². The summed E-state index contributed by atoms with van der Waals surface area (Å²) in [5.41, 5.74) is 4.94. The van der Waals surface area contributed by atoms with Crippen molar-refractivity contribution >= 4 is 17.1 Å². The van der Waals surface area contributed by atoms with Gasteiger partial charge in [-0.25, -0.2) is 0 Å². The Labute approximate surface area is 157 Å². The predicted octanol–water partition coefficient (Wildman–Crippen LogP) is 1.70. The molecule has 1 rings (SSSR count). The summed E-state index contributed by atoms with van der Waals surface area (Å²) in [5, 5.41) is 24.6. The molecule has 11 heteroatoms. The number of nitrogens with one attached hydrogen (secondary N) is 1. The molecule has 0 amide bonds. The van der Waals surface area contributed by atoms with Gasteiger partial charge in [0.2, 0.25) is 0 Å². The van der Waals surface area contributed by atoms with Gasteiger partial charge in [-0.3, -0.25) is 20.2 Å². The molecule has 0 aromatic heterocycles. The average Bonchev–Trinajstić information content (AvgIpc) is 2.65. The number of nitro benzene ring substituents is 2. The summed E-state index contributed by atoms with van der Waals surface area (Å²) in [5.74, 6) is 0. The standard InChI is InChI=1S/C16H26N4O7/c17-5-1-7-25-9-11-27-12-10-26-8-2-6-18-15-4-3-14(19(21)22)13-16(15)20(23)24/h3-4,13,18H,1-2,5-12,17H2. The fourth-order valence-corrected chi connectivity index (χ4v) is 2.06. The second-order valence-corrected chi connectivity index (χ2v) is 5.48. The zero-order chi connectivity index (χ0) is 19.9. The van der Waals surface area contributed by atoms with Crippen molar-refractivity contribution in [3.8, 4) is 0 Å². The SMILES string of the molecule is NCCCOCCOCCOCCCNc1ccc([N+](=O)[O-])cc1[N+](=O)[O-]. The maximum Gasteiger partial charge on any atom is 0.299 e. The molecule has 0 radical (unpaired) electrons. The van der Waals surface area contributed by atoms with Crippen LogP contribution in [0.15, 0.2) is 18.2 Å². The van der Waals surface area contributed by atoms with Crippen LogP contribution < -0.4 is 11.1 Å². The van der Waals surface area contributed by atoms with Crippen molar-refractivity contribution in [2.75, 3.05) is 58.0 Å². The molecule has 0 bridgehead atoms. The van der Waals surface area contributed by atoms with Crippen molar-refractivity contribution in [2.45, 2.75) is 12.8 Å². The van der Waals surface area contributed by atoms with E-state index in [0.29, 0.717) is 59.2 Å². The van der Waals surface area contributed by atoms with E-state index in [2.05, 4.69) is 5.32 Å². The molecule has 0 saturated carbocycles. The predicted molar refractivity (Wildman–Crippen MR) is 99.0 cm³/mol. The molecule has 0 aliphatic rings. The quantitative estimate of drug-likeness (QED) is 0.245. The van der Waals surface area contributed by atoms with E-state index in [1.54, 1.807) is 0 Å². The van der Waals surface area contributed by atoms with E-state index in [0.717, 1.165) is 12.5 Å². The molecule has 1 aromatic carbocycles. The molecule has 0 atom stereocenters. The Morgan fingerprint density at radius 1 is 0.889 bits per heavy atom. The van der Waals surface area contributed by atoms with Crippen molar-refractivity contribution in [3.63, 3.8) is 0 Å². The molecule has 152 valence electrons. The number of rotatable bonds is 16. The third-order valence-electron chi connectivity index (χ3n) is 3.41. The number of nitrogens with two attached hydrogens (primary N) is 1. The topological polar surface area (TPSA) is 152 Å². The maximum absolute atomic E-state index is 11.0. The lowest BCUT2D eigenvalue weighted by molar-refractivity contribution is -0.393. The van der Waals surface area contributed by atoms with E-state index in [1.165, 1.54) is 12.1 Å². The number of ether oxygens (including phenoxy) is 3. The first-order valence-corrected chi connectivity index (χ1v) is 8.66. The van der Waals surface area contributed by atoms with E-state index < -0.39 is 9.85 Å². The summed E-state index contributed by atoms with van der Waals surface area (Å²) in [6.45, 7) is 4.08. The van der Waals surface area contributed by atoms with E-state index in [1.807, 2.05) is 0 Å². The van der Waals surface area contributed by atoms with Crippen LogP contribution in [0.4, 0.5) is 17.1 Å². The molecule has 0 spiro atoms. The molecule has 0 unspecified atom stereocenters. The molecule has 0 aliphatic carbocycles. The monoisotopic (exact) mass is 386 g/mol. The fourth-order valence-electron chi connectivity index (χ4n) is 2.06. The summed E-state index contributed by atoms with van der Waals surface area (Å²) in [6, 6.07) is 3.50. The Bertz CT molecular complexity index is 586. The van der Waals surface area contributed by atoms with Gasteiger partial charge in [0.1, 0.15) is 5.69 Å². The Kier molecular flexibility index (Phi) is 11.6. The fraction of sp³-hybridized carbons (Fsp3) is 0.625. The van der Waals surface area contributed by atoms with E-state index in [-0.39, 0.29) is 17.1 Å². The van der Waals surface area contributed by atoms with Crippen LogP contribution >= 0.6 is 0 Å². The number of nitro groups is 2. The Balaban J connectivity index is 2.11. The highest BCUT2D eigenvalue weighted by atomic mass is 16.6. The van der Waals surface area contributed by atoms with Gasteiger partial charge >= 0.3 is 0 Å². The van der Waals surface area contributed by atoms with Gasteiger partial charge in [-0.05, 0) is 25.5 Å². The summed E-state index contributed by atoms with van der Waals surface area (Å²) in [6.07, 6.45) is 1.45. The average molecular weight is 386 g/mol. The first-order valence-electron chi connectivity index (χ1n) is 8.66. The van der Waals surface area contributed by atoms with Gasteiger partial charge < -0.3 is 25.3 Å². The van der Waals surface area contributed by atoms with Crippen molar-refractivity contribution in [3.05, 3.63) is 38.4 Å². The minimum Gasteiger partial charge on any atom is -0.379 e. The zero-order valence-electron chi connectivity index (χ0n) is 15.1. The van der Waals surface area contributed by atoms with Gasteiger partial charge in [-0.1, -0.05) is 0 Å². The van der Waals surface area contributed by atoms with Crippen LogP contribution in [0.3, 0.4) is 0 Å². The Morgan fingerprint density at radius 3 is 2.04 bits per heavy atom. The number of hydrogen-bond acceptors (Lipinski definition) is 9. The van der Waals surface area contributed by atoms with Crippen molar-refractivity contribution in [1.82, 2.24) is 0 Å². The minimum atomic E-state index is -0.668. The largest absolute Gasteiger partial charge is 0.379 e. The zero-order valence-corrected chi connectivity index (χ0v) is 15.1. The Morgan fingerprint density at radius 2 is 1.48 bits per heavy atom. The lowest BCUT2D eigenvalue weighted by atomic mass is 10.2. The number of nitrogens with zero attached hydrogens (tertiary/aromatic N) is 2. The molecular formula is C16H26N4O7. The normalized spacial score (nSPS) is 10.7. The highest BCUT2D eigenvalue weighted by Crippen LogP contribution is 2.28. The second kappa shape index (κ2) is 13.8. The van der Waals surface area contributed by atoms with Crippen molar-refractivity contribution < 1.29 is 24.1 Å². The number of benzene rings is 1. The van der Waals surface area contributed by atoms with Gasteiger partial charge in [0.05, 0.1) is 42.3 Å². The summed E-state index contributed by atoms with van der Waals surface area (Å²) >= 11 is 0. The first-order chi connectivity index (χ1) is 13.1. The van der Waals surface area contributed by atoms with Gasteiger partial charge in [-0.15, -0.1) is 0 Å². The molecule has 1 aromatic rings. The van der Waals surface area contributed by atoms with Gasteiger partial charge in [0, 0.05) is 25.8 Å². The molecular weight excluding hydrogens is 360 g/mol.